The van der Waals surface area contributed by atoms with Crippen LogP contribution >= 0.6 is 0 Å². The zero-order chi connectivity index (χ0) is 20.9. The molecule has 2 aromatic heterocycles. The minimum absolute atomic E-state index is 0.454. The fourth-order valence-electron chi connectivity index (χ4n) is 3.50. The van der Waals surface area contributed by atoms with Crippen molar-refractivity contribution in [2.75, 3.05) is 41.8 Å². The Morgan fingerprint density at radius 3 is 2.80 bits per heavy atom. The number of benzene rings is 1. The molecule has 156 valence electrons. The molecule has 3 N–H and O–H groups in total. The van der Waals surface area contributed by atoms with Gasteiger partial charge in [0, 0.05) is 51.0 Å². The van der Waals surface area contributed by atoms with E-state index in [1.54, 1.807) is 17.1 Å². The predicted octanol–water partition coefficient (Wildman–Crippen LogP) is 2.71. The predicted molar refractivity (Wildman–Crippen MR) is 118 cm³/mol. The third-order valence-corrected chi connectivity index (χ3v) is 5.15. The first-order valence-corrected chi connectivity index (χ1v) is 9.92. The van der Waals surface area contributed by atoms with Gasteiger partial charge in [0.2, 0.25) is 5.95 Å². The molecule has 9 nitrogen and oxygen atoms in total. The highest BCUT2D eigenvalue weighted by atomic mass is 16.5. The largest absolute Gasteiger partial charge is 0.378 e. The number of aryl methyl sites for hydroxylation is 1. The monoisotopic (exact) mass is 406 g/mol. The summed E-state index contributed by atoms with van der Waals surface area (Å²) < 4.78 is 7.18. The van der Waals surface area contributed by atoms with Crippen LogP contribution in [0.25, 0.3) is 0 Å². The Bertz CT molecular complexity index is 1030. The van der Waals surface area contributed by atoms with Gasteiger partial charge in [-0.05, 0) is 24.1 Å². The number of rotatable bonds is 7. The first-order chi connectivity index (χ1) is 14.6. The Morgan fingerprint density at radius 1 is 1.23 bits per heavy atom. The summed E-state index contributed by atoms with van der Waals surface area (Å²) in [5, 5.41) is 18.3. The molecule has 1 aliphatic heterocycles. The van der Waals surface area contributed by atoms with Gasteiger partial charge in [0.1, 0.15) is 5.82 Å². The number of ether oxygens (including phenoxy) is 1. The van der Waals surface area contributed by atoms with Crippen LogP contribution in [-0.2, 0) is 18.3 Å². The fraction of sp³-hybridized carbons (Fsp3) is 0.333. The quantitative estimate of drug-likeness (QED) is 0.518. The van der Waals surface area contributed by atoms with Crippen molar-refractivity contribution in [1.29, 1.82) is 5.41 Å². The summed E-state index contributed by atoms with van der Waals surface area (Å²) in [5.41, 5.74) is 5.11. The SMILES string of the molecule is Cc1c(CNc2nc(Nc3cnn(C)c3)ncc2C=N)cccc1N1CCOCC1. The summed E-state index contributed by atoms with van der Waals surface area (Å²) >= 11 is 0. The molecule has 3 aromatic rings. The Morgan fingerprint density at radius 2 is 2.07 bits per heavy atom. The van der Waals surface area contributed by atoms with Gasteiger partial charge >= 0.3 is 0 Å². The summed E-state index contributed by atoms with van der Waals surface area (Å²) in [7, 11) is 1.85. The third kappa shape index (κ3) is 4.41. The molecule has 0 saturated carbocycles. The lowest BCUT2D eigenvalue weighted by Gasteiger charge is -2.30. The molecule has 1 aliphatic rings. The van der Waals surface area contributed by atoms with E-state index in [0.717, 1.165) is 32.0 Å². The van der Waals surface area contributed by atoms with Crippen LogP contribution in [0.3, 0.4) is 0 Å². The summed E-state index contributed by atoms with van der Waals surface area (Å²) in [6, 6.07) is 6.36. The Labute approximate surface area is 175 Å². The maximum absolute atomic E-state index is 7.68. The highest BCUT2D eigenvalue weighted by Gasteiger charge is 2.15. The van der Waals surface area contributed by atoms with Crippen LogP contribution < -0.4 is 15.5 Å². The lowest BCUT2D eigenvalue weighted by Crippen LogP contribution is -2.36. The van der Waals surface area contributed by atoms with Gasteiger partial charge in [-0.25, -0.2) is 4.98 Å². The lowest BCUT2D eigenvalue weighted by atomic mass is 10.1. The van der Waals surface area contributed by atoms with Gasteiger partial charge < -0.3 is 25.7 Å². The van der Waals surface area contributed by atoms with E-state index in [1.165, 1.54) is 23.0 Å². The second-order valence-electron chi connectivity index (χ2n) is 7.18. The van der Waals surface area contributed by atoms with Crippen molar-refractivity contribution in [3.8, 4) is 0 Å². The molecule has 4 rings (SSSR count). The molecule has 0 bridgehead atoms. The first-order valence-electron chi connectivity index (χ1n) is 9.92. The Balaban J connectivity index is 1.51. The molecule has 1 aromatic carbocycles. The van der Waals surface area contributed by atoms with Gasteiger partial charge in [0.25, 0.3) is 0 Å². The second-order valence-corrected chi connectivity index (χ2v) is 7.18. The molecule has 3 heterocycles. The van der Waals surface area contributed by atoms with Crippen LogP contribution in [0.5, 0.6) is 0 Å². The van der Waals surface area contributed by atoms with Crippen LogP contribution in [0.2, 0.25) is 0 Å². The molecule has 1 fully saturated rings. The number of hydrogen-bond acceptors (Lipinski definition) is 8. The number of morpholine rings is 1. The number of aromatic nitrogens is 4. The van der Waals surface area contributed by atoms with E-state index < -0.39 is 0 Å². The smallest absolute Gasteiger partial charge is 0.229 e. The second kappa shape index (κ2) is 8.91. The van der Waals surface area contributed by atoms with E-state index in [2.05, 4.69) is 55.7 Å². The first kappa shape index (κ1) is 19.8. The number of anilines is 4. The van der Waals surface area contributed by atoms with Gasteiger partial charge in [0.15, 0.2) is 0 Å². The van der Waals surface area contributed by atoms with Crippen molar-refractivity contribution in [3.05, 3.63) is 53.5 Å². The minimum atomic E-state index is 0.454. The number of nitrogens with zero attached hydrogens (tertiary/aromatic N) is 5. The summed E-state index contributed by atoms with van der Waals surface area (Å²) in [6.45, 7) is 6.09. The van der Waals surface area contributed by atoms with Gasteiger partial charge in [-0.1, -0.05) is 12.1 Å². The van der Waals surface area contributed by atoms with Crippen LogP contribution in [0.15, 0.2) is 36.8 Å². The van der Waals surface area contributed by atoms with Gasteiger partial charge in [-0.3, -0.25) is 4.68 Å². The van der Waals surface area contributed by atoms with E-state index in [1.807, 2.05) is 13.2 Å². The average Bonchev–Trinajstić information content (AvgIpc) is 3.18. The molecule has 0 radical (unpaired) electrons. The van der Waals surface area contributed by atoms with Crippen molar-refractivity contribution in [1.82, 2.24) is 19.7 Å². The number of nitrogens with one attached hydrogen (secondary N) is 3. The van der Waals surface area contributed by atoms with Gasteiger partial charge in [-0.15, -0.1) is 0 Å². The normalized spacial score (nSPS) is 13.9. The molecule has 0 amide bonds. The van der Waals surface area contributed by atoms with E-state index in [9.17, 15) is 0 Å². The maximum Gasteiger partial charge on any atom is 0.229 e. The summed E-state index contributed by atoms with van der Waals surface area (Å²) in [5.74, 6) is 1.07. The van der Waals surface area contributed by atoms with Crippen LogP contribution in [0, 0.1) is 12.3 Å². The van der Waals surface area contributed by atoms with Gasteiger partial charge in [0.05, 0.1) is 30.7 Å². The standard InChI is InChI=1S/C21H26N8O/c1-15-16(4-3-5-19(15)29-6-8-30-9-7-29)11-23-20-17(10-22)12-24-21(27-20)26-18-13-25-28(2)14-18/h3-5,10,12-14,22H,6-9,11H2,1-2H3,(H2,23,24,26,27). The molecule has 0 unspecified atom stereocenters. The highest BCUT2D eigenvalue weighted by molar-refractivity contribution is 5.84. The average molecular weight is 406 g/mol. The van der Waals surface area contributed by atoms with Crippen molar-refractivity contribution in [2.24, 2.45) is 7.05 Å². The van der Waals surface area contributed by atoms with Crippen LogP contribution in [0.1, 0.15) is 16.7 Å². The lowest BCUT2D eigenvalue weighted by molar-refractivity contribution is 0.122. The van der Waals surface area contributed by atoms with Crippen LogP contribution in [0.4, 0.5) is 23.1 Å². The molecule has 30 heavy (non-hydrogen) atoms. The fourth-order valence-corrected chi connectivity index (χ4v) is 3.50. The maximum atomic E-state index is 7.68. The van der Waals surface area contributed by atoms with Gasteiger partial charge in [-0.2, -0.15) is 10.1 Å². The molecule has 0 aliphatic carbocycles. The summed E-state index contributed by atoms with van der Waals surface area (Å²) in [4.78, 5) is 11.2. The molecule has 0 spiro atoms. The van der Waals surface area contributed by atoms with E-state index in [-0.39, 0.29) is 0 Å². The van der Waals surface area contributed by atoms with Crippen molar-refractivity contribution >= 4 is 29.4 Å². The molecule has 0 atom stereocenters. The van der Waals surface area contributed by atoms with E-state index in [4.69, 9.17) is 10.1 Å². The molecular weight excluding hydrogens is 380 g/mol. The Kier molecular flexibility index (Phi) is 5.89. The van der Waals surface area contributed by atoms with E-state index >= 15 is 0 Å². The zero-order valence-corrected chi connectivity index (χ0v) is 17.2. The number of hydrogen-bond donors (Lipinski definition) is 3. The third-order valence-electron chi connectivity index (χ3n) is 5.15. The molecular formula is C21H26N8O. The van der Waals surface area contributed by atoms with Crippen molar-refractivity contribution in [3.63, 3.8) is 0 Å². The van der Waals surface area contributed by atoms with Crippen LogP contribution in [-0.4, -0.2) is 52.3 Å². The summed E-state index contributed by atoms with van der Waals surface area (Å²) in [6.07, 6.45) is 6.45. The Hall–Kier alpha value is -3.46. The minimum Gasteiger partial charge on any atom is -0.378 e. The molecule has 1 saturated heterocycles. The van der Waals surface area contributed by atoms with E-state index in [0.29, 0.717) is 23.9 Å². The van der Waals surface area contributed by atoms with Crippen molar-refractivity contribution in [2.45, 2.75) is 13.5 Å². The molecule has 9 heteroatoms. The zero-order valence-electron chi connectivity index (χ0n) is 17.2. The topological polar surface area (TPSA) is 104 Å². The highest BCUT2D eigenvalue weighted by Crippen LogP contribution is 2.25. The van der Waals surface area contributed by atoms with Crippen molar-refractivity contribution < 1.29 is 4.74 Å².